The molecule has 0 N–H and O–H groups in total. The summed E-state index contributed by atoms with van der Waals surface area (Å²) in [4.78, 5) is 17.5. The third-order valence-corrected chi connectivity index (χ3v) is 3.80. The van der Waals surface area contributed by atoms with Crippen molar-refractivity contribution in [3.05, 3.63) is 58.7 Å². The molecule has 0 radical (unpaired) electrons. The van der Waals surface area contributed by atoms with E-state index < -0.39 is 12.3 Å². The van der Waals surface area contributed by atoms with E-state index in [2.05, 4.69) is 9.68 Å². The molecule has 0 aliphatic carbocycles. The Labute approximate surface area is 144 Å². The number of carbonyl (C=O) groups excluding carboxylic acids is 1. The monoisotopic (exact) mass is 366 g/mol. The highest BCUT2D eigenvalue weighted by Crippen LogP contribution is 2.31. The fourth-order valence-electron chi connectivity index (χ4n) is 2.76. The smallest absolute Gasteiger partial charge is 0.406 e. The largest absolute Gasteiger partial charge is 0.573 e. The molecule has 3 rings (SSSR count). The van der Waals surface area contributed by atoms with E-state index in [0.29, 0.717) is 11.1 Å². The van der Waals surface area contributed by atoms with E-state index in [1.807, 2.05) is 6.07 Å². The lowest BCUT2D eigenvalue weighted by molar-refractivity contribution is -0.274. The van der Waals surface area contributed by atoms with Crippen LogP contribution in [0.3, 0.4) is 0 Å². The van der Waals surface area contributed by atoms with Crippen LogP contribution in [-0.4, -0.2) is 17.2 Å². The number of hydrogen-bond donors (Lipinski definition) is 0. The van der Waals surface area contributed by atoms with E-state index in [4.69, 9.17) is 5.26 Å². The number of fused-ring (bicyclic) bond motifs is 1. The van der Waals surface area contributed by atoms with Crippen LogP contribution in [-0.2, 0) is 13.1 Å². The van der Waals surface area contributed by atoms with Gasteiger partial charge in [0, 0.05) is 23.7 Å². The van der Waals surface area contributed by atoms with Crippen LogP contribution in [0, 0.1) is 11.3 Å². The zero-order chi connectivity index (χ0) is 18.9. The van der Waals surface area contributed by atoms with Gasteiger partial charge in [-0.1, -0.05) is 12.1 Å². The second kappa shape index (κ2) is 6.55. The van der Waals surface area contributed by atoms with E-state index in [0.717, 1.165) is 18.2 Å². The fourth-order valence-corrected chi connectivity index (χ4v) is 2.76. The Kier molecular flexibility index (Phi) is 4.42. The van der Waals surface area contributed by atoms with E-state index in [-0.39, 0.29) is 35.7 Å². The lowest BCUT2D eigenvalue weighted by Gasteiger charge is -2.16. The number of amides is 1. The standard InChI is InChI=1S/C17H10F4N2O3/c18-17(19,20)25-13-3-1-10(2-4-13)8-23-9-12-6-14(26-21)5-11(7-22)15(12)16(23)24/h1-6H,8-9H2. The van der Waals surface area contributed by atoms with Crippen molar-refractivity contribution in [3.8, 4) is 17.6 Å². The summed E-state index contributed by atoms with van der Waals surface area (Å²) in [5.41, 5.74) is 1.18. The first kappa shape index (κ1) is 17.5. The van der Waals surface area contributed by atoms with Crippen LogP contribution in [0.25, 0.3) is 0 Å². The van der Waals surface area contributed by atoms with Gasteiger partial charge in [-0.25, -0.2) is 0 Å². The molecule has 26 heavy (non-hydrogen) atoms. The predicted octanol–water partition coefficient (Wildman–Crippen LogP) is 3.88. The molecule has 0 saturated heterocycles. The molecule has 1 heterocycles. The molecule has 0 atom stereocenters. The van der Waals surface area contributed by atoms with Gasteiger partial charge in [0.1, 0.15) is 11.8 Å². The maximum Gasteiger partial charge on any atom is 0.573 e. The first-order valence-corrected chi connectivity index (χ1v) is 7.30. The number of ether oxygens (including phenoxy) is 1. The van der Waals surface area contributed by atoms with Crippen molar-refractivity contribution in [3.63, 3.8) is 0 Å². The Balaban J connectivity index is 1.78. The van der Waals surface area contributed by atoms with Crippen LogP contribution in [0.2, 0.25) is 0 Å². The highest BCUT2D eigenvalue weighted by Gasteiger charge is 2.32. The van der Waals surface area contributed by atoms with Gasteiger partial charge in [0.05, 0.1) is 11.1 Å². The van der Waals surface area contributed by atoms with Crippen LogP contribution >= 0.6 is 0 Å². The summed E-state index contributed by atoms with van der Waals surface area (Å²) in [6, 6.07) is 9.38. The van der Waals surface area contributed by atoms with Crippen molar-refractivity contribution < 1.29 is 32.2 Å². The fraction of sp³-hybridized carbons (Fsp3) is 0.176. The van der Waals surface area contributed by atoms with Crippen molar-refractivity contribution in [2.45, 2.75) is 19.5 Å². The summed E-state index contributed by atoms with van der Waals surface area (Å²) >= 11 is 0. The Bertz CT molecular complexity index is 889. The van der Waals surface area contributed by atoms with Crippen molar-refractivity contribution >= 4 is 5.91 Å². The average molecular weight is 366 g/mol. The van der Waals surface area contributed by atoms with Gasteiger partial charge in [-0.3, -0.25) is 9.74 Å². The minimum atomic E-state index is -4.78. The van der Waals surface area contributed by atoms with E-state index in [1.165, 1.54) is 23.1 Å². The molecule has 0 spiro atoms. The molecule has 0 saturated carbocycles. The molecule has 1 aliphatic rings. The van der Waals surface area contributed by atoms with E-state index in [1.54, 1.807) is 0 Å². The highest BCUT2D eigenvalue weighted by atomic mass is 19.4. The van der Waals surface area contributed by atoms with Gasteiger partial charge in [0.25, 0.3) is 5.91 Å². The third kappa shape index (κ3) is 3.54. The quantitative estimate of drug-likeness (QED) is 0.771. The molecule has 5 nitrogen and oxygen atoms in total. The van der Waals surface area contributed by atoms with Crippen LogP contribution in [0.5, 0.6) is 11.5 Å². The molecular formula is C17H10F4N2O3. The van der Waals surface area contributed by atoms with Gasteiger partial charge in [-0.05, 0) is 29.3 Å². The number of nitriles is 1. The van der Waals surface area contributed by atoms with Crippen LogP contribution in [0.4, 0.5) is 17.7 Å². The SMILES string of the molecule is N#Cc1cc(OF)cc2c1C(=O)N(Cc1ccc(OC(F)(F)F)cc1)C2. The lowest BCUT2D eigenvalue weighted by Crippen LogP contribution is -2.23. The molecule has 0 bridgehead atoms. The Morgan fingerprint density at radius 2 is 1.85 bits per heavy atom. The molecule has 134 valence electrons. The average Bonchev–Trinajstić information content (AvgIpc) is 2.90. The summed E-state index contributed by atoms with van der Waals surface area (Å²) in [6.45, 7) is 0.233. The van der Waals surface area contributed by atoms with Gasteiger partial charge >= 0.3 is 6.36 Å². The Morgan fingerprint density at radius 3 is 2.42 bits per heavy atom. The van der Waals surface area contributed by atoms with Crippen LogP contribution in [0.1, 0.15) is 27.0 Å². The van der Waals surface area contributed by atoms with E-state index in [9.17, 15) is 22.5 Å². The molecule has 2 aromatic rings. The van der Waals surface area contributed by atoms with Crippen LogP contribution in [0.15, 0.2) is 36.4 Å². The van der Waals surface area contributed by atoms with Crippen molar-refractivity contribution in [1.29, 1.82) is 5.26 Å². The normalized spacial score (nSPS) is 13.3. The number of carbonyl (C=O) groups is 1. The van der Waals surface area contributed by atoms with Gasteiger partial charge in [0.15, 0.2) is 5.75 Å². The molecule has 0 fully saturated rings. The first-order valence-electron chi connectivity index (χ1n) is 7.30. The van der Waals surface area contributed by atoms with Gasteiger partial charge < -0.3 is 9.64 Å². The van der Waals surface area contributed by atoms with Crippen molar-refractivity contribution in [2.24, 2.45) is 0 Å². The second-order valence-electron chi connectivity index (χ2n) is 5.55. The molecule has 0 unspecified atom stereocenters. The minimum absolute atomic E-state index is 0.00317. The molecule has 0 aromatic heterocycles. The zero-order valence-electron chi connectivity index (χ0n) is 13.0. The minimum Gasteiger partial charge on any atom is -0.406 e. The van der Waals surface area contributed by atoms with Crippen molar-refractivity contribution in [1.82, 2.24) is 4.90 Å². The number of rotatable bonds is 4. The predicted molar refractivity (Wildman–Crippen MR) is 79.6 cm³/mol. The van der Waals surface area contributed by atoms with Gasteiger partial charge in [-0.15, -0.1) is 13.2 Å². The number of nitrogens with zero attached hydrogens (tertiary/aromatic N) is 2. The number of halogens is 4. The number of hydrogen-bond acceptors (Lipinski definition) is 4. The summed E-state index contributed by atoms with van der Waals surface area (Å²) in [5, 5.41) is 9.13. The third-order valence-electron chi connectivity index (χ3n) is 3.80. The van der Waals surface area contributed by atoms with Gasteiger partial charge in [0.2, 0.25) is 0 Å². The summed E-state index contributed by atoms with van der Waals surface area (Å²) in [7, 11) is 0. The van der Waals surface area contributed by atoms with E-state index >= 15 is 0 Å². The van der Waals surface area contributed by atoms with Crippen LogP contribution < -0.4 is 9.68 Å². The zero-order valence-corrected chi connectivity index (χ0v) is 13.0. The Morgan fingerprint density at radius 1 is 1.15 bits per heavy atom. The summed E-state index contributed by atoms with van der Waals surface area (Å²) in [6.07, 6.45) is -4.78. The van der Waals surface area contributed by atoms with Crippen molar-refractivity contribution in [2.75, 3.05) is 0 Å². The maximum atomic E-state index is 12.5. The summed E-state index contributed by atoms with van der Waals surface area (Å²) < 4.78 is 52.7. The lowest BCUT2D eigenvalue weighted by atomic mass is 10.0. The topological polar surface area (TPSA) is 62.6 Å². The van der Waals surface area contributed by atoms with Gasteiger partial charge in [-0.2, -0.15) is 5.26 Å². The maximum absolute atomic E-state index is 12.5. The molecular weight excluding hydrogens is 356 g/mol. The summed E-state index contributed by atoms with van der Waals surface area (Å²) in [5.74, 6) is -0.963. The molecule has 2 aromatic carbocycles. The first-order chi connectivity index (χ1) is 12.3. The Hall–Kier alpha value is -3.28. The molecule has 1 amide bonds. The second-order valence-corrected chi connectivity index (χ2v) is 5.55. The molecule has 9 heteroatoms. The molecule has 1 aliphatic heterocycles. The number of alkyl halides is 3. The highest BCUT2D eigenvalue weighted by molar-refractivity contribution is 6.00. The number of benzene rings is 2.